The Hall–Kier alpha value is -2.79. The van der Waals surface area contributed by atoms with Crippen molar-refractivity contribution in [2.24, 2.45) is 0 Å². The molecular formula is C21H20F3N3O3S2. The van der Waals surface area contributed by atoms with Crippen molar-refractivity contribution >= 4 is 34.9 Å². The number of rotatable bonds is 9. The molecule has 6 nitrogen and oxygen atoms in total. The molecule has 0 radical (unpaired) electrons. The topological polar surface area (TPSA) is 84.3 Å². The van der Waals surface area contributed by atoms with Gasteiger partial charge in [0.1, 0.15) is 16.3 Å². The predicted octanol–water partition coefficient (Wildman–Crippen LogP) is 5.71. The number of nitrogens with one attached hydrogen (secondary N) is 1. The van der Waals surface area contributed by atoms with Crippen LogP contribution >= 0.6 is 23.1 Å². The maximum atomic E-state index is 12.2. The van der Waals surface area contributed by atoms with Crippen LogP contribution in [0.15, 0.2) is 52.3 Å². The highest BCUT2D eigenvalue weighted by molar-refractivity contribution is 8.02. The van der Waals surface area contributed by atoms with Crippen LogP contribution in [0, 0.1) is 0 Å². The Labute approximate surface area is 190 Å². The molecule has 0 bridgehead atoms. The summed E-state index contributed by atoms with van der Waals surface area (Å²) in [5.41, 5.74) is 2.34. The number of ether oxygens (including phenoxy) is 1. The van der Waals surface area contributed by atoms with Gasteiger partial charge >= 0.3 is 12.3 Å². The molecule has 0 aliphatic carbocycles. The lowest BCUT2D eigenvalue weighted by atomic mass is 10.1. The van der Waals surface area contributed by atoms with Gasteiger partial charge in [-0.05, 0) is 43.7 Å². The van der Waals surface area contributed by atoms with Gasteiger partial charge in [0, 0.05) is 30.1 Å². The molecule has 0 saturated heterocycles. The lowest BCUT2D eigenvalue weighted by Gasteiger charge is -2.15. The number of carbonyl (C=O) groups is 1. The number of hydrogen-bond acceptors (Lipinski definition) is 7. The molecule has 2 heterocycles. The van der Waals surface area contributed by atoms with Crippen molar-refractivity contribution in [1.82, 2.24) is 9.97 Å². The fraction of sp³-hybridized carbons (Fsp3) is 0.286. The number of anilines is 1. The quantitative estimate of drug-likeness (QED) is 0.377. The fourth-order valence-electron chi connectivity index (χ4n) is 2.55. The van der Waals surface area contributed by atoms with E-state index in [9.17, 15) is 23.1 Å². The molecule has 0 amide bonds. The first-order chi connectivity index (χ1) is 15.0. The third kappa shape index (κ3) is 6.86. The smallest absolute Gasteiger partial charge is 0.480 e. The molecular weight excluding hydrogens is 463 g/mol. The molecule has 170 valence electrons. The van der Waals surface area contributed by atoms with E-state index in [0.717, 1.165) is 16.8 Å². The average Bonchev–Trinajstić information content (AvgIpc) is 3.14. The van der Waals surface area contributed by atoms with E-state index in [2.05, 4.69) is 20.0 Å². The molecule has 0 spiro atoms. The molecule has 0 unspecified atom stereocenters. The molecule has 0 atom stereocenters. The first-order valence-corrected chi connectivity index (χ1v) is 11.1. The van der Waals surface area contributed by atoms with Crippen molar-refractivity contribution in [2.75, 3.05) is 11.9 Å². The van der Waals surface area contributed by atoms with Crippen LogP contribution in [-0.4, -0.2) is 38.7 Å². The van der Waals surface area contributed by atoms with Gasteiger partial charge < -0.3 is 15.2 Å². The number of carboxylic acid groups (broad SMARTS) is 1. The lowest BCUT2D eigenvalue weighted by molar-refractivity contribution is -0.274. The summed E-state index contributed by atoms with van der Waals surface area (Å²) in [7, 11) is 0. The Kier molecular flexibility index (Phi) is 7.29. The van der Waals surface area contributed by atoms with Crippen LogP contribution in [0.25, 0.3) is 11.1 Å². The molecule has 0 fully saturated rings. The molecule has 1 aromatic carbocycles. The minimum atomic E-state index is -4.72. The van der Waals surface area contributed by atoms with Crippen molar-refractivity contribution in [3.8, 4) is 16.9 Å². The Morgan fingerprint density at radius 3 is 2.44 bits per heavy atom. The summed E-state index contributed by atoms with van der Waals surface area (Å²) >= 11 is 2.64. The van der Waals surface area contributed by atoms with Gasteiger partial charge in [-0.15, -0.1) is 24.5 Å². The number of alkyl halides is 3. The second-order valence-corrected chi connectivity index (χ2v) is 9.93. The number of benzene rings is 1. The van der Waals surface area contributed by atoms with E-state index < -0.39 is 17.1 Å². The number of halogens is 3. The number of aromatic nitrogens is 2. The van der Waals surface area contributed by atoms with Crippen LogP contribution in [0.3, 0.4) is 0 Å². The summed E-state index contributed by atoms with van der Waals surface area (Å²) in [5.74, 6) is -0.508. The third-order valence-corrected chi connectivity index (χ3v) is 6.43. The highest BCUT2D eigenvalue weighted by atomic mass is 32.2. The van der Waals surface area contributed by atoms with Crippen LogP contribution in [-0.2, 0) is 11.2 Å². The summed E-state index contributed by atoms with van der Waals surface area (Å²) in [5, 5.41) is 14.3. The number of carboxylic acids is 1. The van der Waals surface area contributed by atoms with E-state index >= 15 is 0 Å². The second-order valence-electron chi connectivity index (χ2n) is 7.20. The highest BCUT2D eigenvalue weighted by Gasteiger charge is 2.31. The Morgan fingerprint density at radius 2 is 1.84 bits per heavy atom. The molecule has 11 heteroatoms. The number of nitrogens with zero attached hydrogens (tertiary/aromatic N) is 2. The number of thiazole rings is 1. The molecule has 2 aromatic heterocycles. The van der Waals surface area contributed by atoms with Crippen LogP contribution in [0.4, 0.5) is 19.0 Å². The Balaban J connectivity index is 1.51. The van der Waals surface area contributed by atoms with Crippen molar-refractivity contribution in [3.63, 3.8) is 0 Å². The maximum Gasteiger partial charge on any atom is 0.573 e. The molecule has 3 rings (SSSR count). The molecule has 0 aliphatic heterocycles. The van der Waals surface area contributed by atoms with Gasteiger partial charge in [0.25, 0.3) is 0 Å². The van der Waals surface area contributed by atoms with Gasteiger partial charge in [-0.3, -0.25) is 4.79 Å². The van der Waals surface area contributed by atoms with Gasteiger partial charge in [-0.1, -0.05) is 23.9 Å². The largest absolute Gasteiger partial charge is 0.573 e. The van der Waals surface area contributed by atoms with Gasteiger partial charge in [0.15, 0.2) is 4.34 Å². The zero-order chi connectivity index (χ0) is 23.4. The van der Waals surface area contributed by atoms with Gasteiger partial charge in [0.2, 0.25) is 0 Å². The average molecular weight is 484 g/mol. The van der Waals surface area contributed by atoms with Gasteiger partial charge in [-0.2, -0.15) is 0 Å². The Morgan fingerprint density at radius 1 is 1.16 bits per heavy atom. The van der Waals surface area contributed by atoms with Gasteiger partial charge in [-0.25, -0.2) is 9.97 Å². The van der Waals surface area contributed by atoms with E-state index in [1.54, 1.807) is 26.1 Å². The lowest BCUT2D eigenvalue weighted by Crippen LogP contribution is -2.26. The number of pyridine rings is 1. The highest BCUT2D eigenvalue weighted by Crippen LogP contribution is 2.34. The number of aliphatic carboxylic acids is 1. The van der Waals surface area contributed by atoms with Crippen molar-refractivity contribution in [2.45, 2.75) is 35.7 Å². The fourth-order valence-corrected chi connectivity index (χ4v) is 4.77. The Bertz CT molecular complexity index is 1050. The summed E-state index contributed by atoms with van der Waals surface area (Å²) < 4.78 is 40.4. The van der Waals surface area contributed by atoms with Crippen molar-refractivity contribution in [3.05, 3.63) is 53.7 Å². The molecule has 3 aromatic rings. The van der Waals surface area contributed by atoms with E-state index in [-0.39, 0.29) is 5.75 Å². The second kappa shape index (κ2) is 9.78. The first-order valence-electron chi connectivity index (χ1n) is 9.45. The molecule has 0 aliphatic rings. The summed E-state index contributed by atoms with van der Waals surface area (Å²) in [4.78, 5) is 20.0. The van der Waals surface area contributed by atoms with E-state index in [1.807, 2.05) is 11.4 Å². The van der Waals surface area contributed by atoms with E-state index in [1.165, 1.54) is 47.4 Å². The van der Waals surface area contributed by atoms with Crippen LogP contribution in [0.2, 0.25) is 0 Å². The molecule has 32 heavy (non-hydrogen) atoms. The van der Waals surface area contributed by atoms with Crippen molar-refractivity contribution in [1.29, 1.82) is 0 Å². The minimum absolute atomic E-state index is 0.275. The summed E-state index contributed by atoms with van der Waals surface area (Å²) in [6.45, 7) is 3.87. The van der Waals surface area contributed by atoms with E-state index in [0.29, 0.717) is 23.1 Å². The zero-order valence-electron chi connectivity index (χ0n) is 17.1. The van der Waals surface area contributed by atoms with Crippen LogP contribution in [0.5, 0.6) is 5.75 Å². The van der Waals surface area contributed by atoms with Crippen LogP contribution < -0.4 is 10.1 Å². The predicted molar refractivity (Wildman–Crippen MR) is 118 cm³/mol. The first kappa shape index (κ1) is 23.9. The van der Waals surface area contributed by atoms with Gasteiger partial charge in [0.05, 0.1) is 5.69 Å². The molecule has 0 saturated carbocycles. The molecule has 2 N–H and O–H groups in total. The van der Waals surface area contributed by atoms with E-state index in [4.69, 9.17) is 0 Å². The minimum Gasteiger partial charge on any atom is -0.480 e. The number of hydrogen-bond donors (Lipinski definition) is 2. The van der Waals surface area contributed by atoms with Crippen LogP contribution in [0.1, 0.15) is 19.5 Å². The normalized spacial score (nSPS) is 11.9. The maximum absolute atomic E-state index is 12.2. The summed E-state index contributed by atoms with van der Waals surface area (Å²) in [6.07, 6.45) is -2.44. The monoisotopic (exact) mass is 483 g/mol. The van der Waals surface area contributed by atoms with Crippen molar-refractivity contribution < 1.29 is 27.8 Å². The SMILES string of the molecule is CC(C)(Sc1nc(CCNc2ccc(-c3ccc(OC(F)(F)F)cc3)cn2)cs1)C(=O)O. The standard InChI is InChI=1S/C21H20F3N3O3S2/c1-20(2,18(28)29)32-19-27-15(12-31-19)9-10-25-17-8-5-14(11-26-17)13-3-6-16(7-4-13)30-21(22,23)24/h3-8,11-12H,9-10H2,1-2H3,(H,25,26)(H,28,29). The number of thioether (sulfide) groups is 1. The zero-order valence-corrected chi connectivity index (χ0v) is 18.8. The third-order valence-electron chi connectivity index (χ3n) is 4.26. The summed E-state index contributed by atoms with van der Waals surface area (Å²) in [6, 6.07) is 9.19.